The van der Waals surface area contributed by atoms with Gasteiger partial charge in [-0.15, -0.1) is 0 Å². The number of allylic oxidation sites excluding steroid dienone is 1. The Morgan fingerprint density at radius 2 is 1.86 bits per heavy atom. The quantitative estimate of drug-likeness (QED) is 0.852. The van der Waals surface area contributed by atoms with Crippen LogP contribution in [0.25, 0.3) is 6.08 Å². The zero-order valence-electron chi connectivity index (χ0n) is 12.8. The molecule has 1 amide bonds. The standard InChI is InChI=1S/C17H18ClN3O/c1-17(2,3)10-8-12-4-6-13(7-5-12)15(22)20-14-9-11-19-16(18)21-14/h4-11H,1-3H3,(H,19,20,21,22). The van der Waals surface area contributed by atoms with Crippen LogP contribution in [0.2, 0.25) is 5.28 Å². The van der Waals surface area contributed by atoms with Gasteiger partial charge in [0, 0.05) is 11.8 Å². The highest BCUT2D eigenvalue weighted by Crippen LogP contribution is 2.17. The Labute approximate surface area is 135 Å². The highest BCUT2D eigenvalue weighted by molar-refractivity contribution is 6.28. The van der Waals surface area contributed by atoms with E-state index < -0.39 is 0 Å². The van der Waals surface area contributed by atoms with Crippen LogP contribution in [0, 0.1) is 5.41 Å². The molecule has 0 aliphatic carbocycles. The van der Waals surface area contributed by atoms with Gasteiger partial charge in [-0.2, -0.15) is 0 Å². The topological polar surface area (TPSA) is 54.9 Å². The van der Waals surface area contributed by atoms with Gasteiger partial charge in [0.25, 0.3) is 5.91 Å². The average molecular weight is 316 g/mol. The Hall–Kier alpha value is -2.20. The Morgan fingerprint density at radius 1 is 1.18 bits per heavy atom. The van der Waals surface area contributed by atoms with Gasteiger partial charge in [-0.05, 0) is 40.8 Å². The van der Waals surface area contributed by atoms with E-state index in [0.717, 1.165) is 5.56 Å². The first-order valence-electron chi connectivity index (χ1n) is 6.93. The molecule has 0 fully saturated rings. The van der Waals surface area contributed by atoms with E-state index in [0.29, 0.717) is 11.4 Å². The number of hydrogen-bond donors (Lipinski definition) is 1. The molecule has 0 bridgehead atoms. The molecule has 2 aromatic rings. The van der Waals surface area contributed by atoms with Crippen LogP contribution in [-0.4, -0.2) is 15.9 Å². The number of halogens is 1. The molecule has 5 heteroatoms. The van der Waals surface area contributed by atoms with E-state index >= 15 is 0 Å². The summed E-state index contributed by atoms with van der Waals surface area (Å²) in [6, 6.07) is 8.96. The van der Waals surface area contributed by atoms with Crippen molar-refractivity contribution in [3.8, 4) is 0 Å². The minimum Gasteiger partial charge on any atom is -0.306 e. The van der Waals surface area contributed by atoms with Crippen LogP contribution in [0.5, 0.6) is 0 Å². The number of rotatable bonds is 3. The molecule has 0 unspecified atom stereocenters. The van der Waals surface area contributed by atoms with Gasteiger partial charge in [0.2, 0.25) is 5.28 Å². The van der Waals surface area contributed by atoms with Crippen molar-refractivity contribution in [2.45, 2.75) is 20.8 Å². The van der Waals surface area contributed by atoms with Gasteiger partial charge in [0.1, 0.15) is 5.82 Å². The first kappa shape index (κ1) is 16.2. The smallest absolute Gasteiger partial charge is 0.256 e. The van der Waals surface area contributed by atoms with E-state index in [1.54, 1.807) is 18.2 Å². The second kappa shape index (κ2) is 6.71. The molecular weight excluding hydrogens is 298 g/mol. The van der Waals surface area contributed by atoms with Gasteiger partial charge >= 0.3 is 0 Å². The second-order valence-corrected chi connectivity index (χ2v) is 6.32. The Bertz CT molecular complexity index is 688. The minimum atomic E-state index is -0.235. The average Bonchev–Trinajstić information content (AvgIpc) is 2.45. The van der Waals surface area contributed by atoms with E-state index in [1.165, 1.54) is 6.20 Å². The number of aromatic nitrogens is 2. The molecule has 0 atom stereocenters. The molecule has 1 aromatic heterocycles. The highest BCUT2D eigenvalue weighted by atomic mass is 35.5. The van der Waals surface area contributed by atoms with Crippen LogP contribution >= 0.6 is 11.6 Å². The monoisotopic (exact) mass is 315 g/mol. The number of amides is 1. The Kier molecular flexibility index (Phi) is 4.93. The van der Waals surface area contributed by atoms with Crippen molar-refractivity contribution in [1.82, 2.24) is 9.97 Å². The van der Waals surface area contributed by atoms with Crippen LogP contribution < -0.4 is 5.32 Å². The van der Waals surface area contributed by atoms with Crippen LogP contribution in [0.1, 0.15) is 36.7 Å². The van der Waals surface area contributed by atoms with Crippen molar-refractivity contribution in [2.24, 2.45) is 5.41 Å². The lowest BCUT2D eigenvalue weighted by molar-refractivity contribution is 0.102. The molecule has 1 aromatic carbocycles. The predicted molar refractivity (Wildman–Crippen MR) is 89.9 cm³/mol. The number of nitrogens with zero attached hydrogens (tertiary/aromatic N) is 2. The van der Waals surface area contributed by atoms with E-state index in [4.69, 9.17) is 11.6 Å². The third-order valence-corrected chi connectivity index (χ3v) is 3.00. The Morgan fingerprint density at radius 3 is 2.45 bits per heavy atom. The molecule has 0 aliphatic heterocycles. The van der Waals surface area contributed by atoms with Gasteiger partial charge in [-0.3, -0.25) is 4.79 Å². The van der Waals surface area contributed by atoms with Crippen LogP contribution in [-0.2, 0) is 0 Å². The van der Waals surface area contributed by atoms with E-state index in [2.05, 4.69) is 42.1 Å². The lowest BCUT2D eigenvalue weighted by atomic mass is 9.95. The van der Waals surface area contributed by atoms with Crippen molar-refractivity contribution in [2.75, 3.05) is 5.32 Å². The predicted octanol–water partition coefficient (Wildman–Crippen LogP) is 4.44. The summed E-state index contributed by atoms with van der Waals surface area (Å²) in [6.07, 6.45) is 5.67. The van der Waals surface area contributed by atoms with Gasteiger partial charge < -0.3 is 5.32 Å². The highest BCUT2D eigenvalue weighted by Gasteiger charge is 2.07. The second-order valence-electron chi connectivity index (χ2n) is 5.99. The normalized spacial score (nSPS) is 11.6. The maximum atomic E-state index is 12.1. The van der Waals surface area contributed by atoms with Gasteiger partial charge in [-0.25, -0.2) is 9.97 Å². The first-order chi connectivity index (χ1) is 10.3. The third-order valence-electron chi connectivity index (χ3n) is 2.82. The summed E-state index contributed by atoms with van der Waals surface area (Å²) in [6.45, 7) is 6.41. The number of hydrogen-bond acceptors (Lipinski definition) is 3. The first-order valence-corrected chi connectivity index (χ1v) is 7.30. The molecule has 0 spiro atoms. The number of carbonyl (C=O) groups excluding carboxylic acids is 1. The fourth-order valence-corrected chi connectivity index (χ4v) is 1.83. The summed E-state index contributed by atoms with van der Waals surface area (Å²) in [7, 11) is 0. The molecule has 0 saturated carbocycles. The summed E-state index contributed by atoms with van der Waals surface area (Å²) in [5, 5.41) is 2.78. The van der Waals surface area contributed by atoms with E-state index in [-0.39, 0.29) is 16.6 Å². The molecule has 22 heavy (non-hydrogen) atoms. The summed E-state index contributed by atoms with van der Waals surface area (Å²) < 4.78 is 0. The number of nitrogens with one attached hydrogen (secondary N) is 1. The zero-order valence-corrected chi connectivity index (χ0v) is 13.6. The van der Waals surface area contributed by atoms with E-state index in [9.17, 15) is 4.79 Å². The summed E-state index contributed by atoms with van der Waals surface area (Å²) in [5.74, 6) is 0.142. The number of anilines is 1. The molecule has 0 radical (unpaired) electrons. The van der Waals surface area contributed by atoms with Crippen molar-refractivity contribution in [3.05, 3.63) is 59.0 Å². The molecule has 0 aliphatic rings. The third kappa shape index (κ3) is 4.97. The van der Waals surface area contributed by atoms with Gasteiger partial charge in [-0.1, -0.05) is 45.1 Å². The van der Waals surface area contributed by atoms with Crippen LogP contribution in [0.15, 0.2) is 42.6 Å². The number of benzene rings is 1. The molecule has 0 saturated heterocycles. The van der Waals surface area contributed by atoms with Crippen molar-refractivity contribution >= 4 is 29.4 Å². The van der Waals surface area contributed by atoms with Gasteiger partial charge in [0.15, 0.2) is 0 Å². The summed E-state index contributed by atoms with van der Waals surface area (Å²) in [4.78, 5) is 19.8. The summed E-state index contributed by atoms with van der Waals surface area (Å²) in [5.41, 5.74) is 1.74. The lowest BCUT2D eigenvalue weighted by Gasteiger charge is -2.11. The van der Waals surface area contributed by atoms with Crippen molar-refractivity contribution in [3.63, 3.8) is 0 Å². The minimum absolute atomic E-state index is 0.0977. The van der Waals surface area contributed by atoms with E-state index in [1.807, 2.05) is 18.2 Å². The van der Waals surface area contributed by atoms with Crippen molar-refractivity contribution < 1.29 is 4.79 Å². The Balaban J connectivity index is 2.07. The largest absolute Gasteiger partial charge is 0.306 e. The molecule has 4 nitrogen and oxygen atoms in total. The summed E-state index contributed by atoms with van der Waals surface area (Å²) >= 11 is 5.69. The lowest BCUT2D eigenvalue weighted by Crippen LogP contribution is -2.13. The molecule has 2 rings (SSSR count). The van der Waals surface area contributed by atoms with Crippen LogP contribution in [0.4, 0.5) is 5.82 Å². The zero-order chi connectivity index (χ0) is 16.2. The maximum absolute atomic E-state index is 12.1. The maximum Gasteiger partial charge on any atom is 0.256 e. The molecule has 1 N–H and O–H groups in total. The molecule has 1 heterocycles. The SMILES string of the molecule is CC(C)(C)C=Cc1ccc(C(=O)Nc2ccnc(Cl)n2)cc1. The fraction of sp³-hybridized carbons (Fsp3) is 0.235. The van der Waals surface area contributed by atoms with Crippen LogP contribution in [0.3, 0.4) is 0 Å². The van der Waals surface area contributed by atoms with Crippen molar-refractivity contribution in [1.29, 1.82) is 0 Å². The number of carbonyl (C=O) groups is 1. The molecular formula is C17H18ClN3O. The van der Waals surface area contributed by atoms with Gasteiger partial charge in [0.05, 0.1) is 0 Å². The fourth-order valence-electron chi connectivity index (χ4n) is 1.68. The molecule has 114 valence electrons.